The molecule has 0 amide bonds. The van der Waals surface area contributed by atoms with E-state index >= 15 is 0 Å². The lowest BCUT2D eigenvalue weighted by Crippen LogP contribution is -1.92. The van der Waals surface area contributed by atoms with Gasteiger partial charge in [-0.2, -0.15) is 5.26 Å². The van der Waals surface area contributed by atoms with Crippen LogP contribution >= 0.6 is 11.6 Å². The van der Waals surface area contributed by atoms with E-state index in [0.717, 1.165) is 5.56 Å². The predicted octanol–water partition coefficient (Wildman–Crippen LogP) is 3.59. The second-order valence-electron chi connectivity index (χ2n) is 3.33. The maximum absolute atomic E-state index is 8.94. The minimum atomic E-state index is 0.455. The van der Waals surface area contributed by atoms with Gasteiger partial charge < -0.3 is 9.47 Å². The van der Waals surface area contributed by atoms with Crippen molar-refractivity contribution in [1.82, 2.24) is 0 Å². The Bertz CT molecular complexity index is 475. The van der Waals surface area contributed by atoms with E-state index in [1.807, 2.05) is 6.92 Å². The minimum absolute atomic E-state index is 0.455. The third kappa shape index (κ3) is 2.92. The van der Waals surface area contributed by atoms with E-state index in [2.05, 4.69) is 6.07 Å². The Labute approximate surface area is 106 Å². The van der Waals surface area contributed by atoms with Crippen molar-refractivity contribution >= 4 is 16.6 Å². The largest absolute Gasteiger partial charge is 0.493 e. The van der Waals surface area contributed by atoms with Crippen LogP contribution in [0.25, 0.3) is 5.03 Å². The van der Waals surface area contributed by atoms with Crippen LogP contribution in [0.15, 0.2) is 23.8 Å². The quantitative estimate of drug-likeness (QED) is 0.768. The standard InChI is InChI=1S/C13H14ClNO2/c1-4-9(8-15)13(14)10-5-6-11(16-2)12(7-10)17-3/h5-7H,4H2,1-3H3. The van der Waals surface area contributed by atoms with Crippen molar-refractivity contribution < 1.29 is 9.47 Å². The van der Waals surface area contributed by atoms with Gasteiger partial charge in [0.15, 0.2) is 11.5 Å². The molecule has 0 aliphatic rings. The van der Waals surface area contributed by atoms with Crippen LogP contribution in [0.1, 0.15) is 18.9 Å². The molecule has 0 aromatic heterocycles. The highest BCUT2D eigenvalue weighted by Gasteiger charge is 2.09. The molecule has 0 bridgehead atoms. The Morgan fingerprint density at radius 1 is 1.29 bits per heavy atom. The van der Waals surface area contributed by atoms with E-state index in [1.54, 1.807) is 32.4 Å². The first-order valence-corrected chi connectivity index (χ1v) is 5.56. The number of hydrogen-bond donors (Lipinski definition) is 0. The van der Waals surface area contributed by atoms with E-state index in [9.17, 15) is 0 Å². The highest BCUT2D eigenvalue weighted by atomic mass is 35.5. The van der Waals surface area contributed by atoms with Gasteiger partial charge in [-0.05, 0) is 30.2 Å². The Hall–Kier alpha value is -1.66. The molecule has 0 heterocycles. The summed E-state index contributed by atoms with van der Waals surface area (Å²) in [5.41, 5.74) is 1.31. The van der Waals surface area contributed by atoms with Gasteiger partial charge in [-0.1, -0.05) is 18.5 Å². The molecule has 0 aliphatic heterocycles. The molecule has 0 saturated heterocycles. The normalized spacial score (nSPS) is 11.5. The number of methoxy groups -OCH3 is 2. The van der Waals surface area contributed by atoms with Crippen LogP contribution < -0.4 is 9.47 Å². The van der Waals surface area contributed by atoms with Crippen LogP contribution in [0.5, 0.6) is 11.5 Å². The summed E-state index contributed by atoms with van der Waals surface area (Å²) in [5.74, 6) is 1.23. The molecule has 4 heteroatoms. The first-order chi connectivity index (χ1) is 8.17. The van der Waals surface area contributed by atoms with Gasteiger partial charge in [0.1, 0.15) is 0 Å². The summed E-state index contributed by atoms with van der Waals surface area (Å²) in [6, 6.07) is 7.42. The topological polar surface area (TPSA) is 42.2 Å². The van der Waals surface area contributed by atoms with Gasteiger partial charge in [0.25, 0.3) is 0 Å². The summed E-state index contributed by atoms with van der Waals surface area (Å²) in [7, 11) is 3.13. The van der Waals surface area contributed by atoms with Crippen molar-refractivity contribution in [3.8, 4) is 17.6 Å². The number of halogens is 1. The zero-order valence-corrected chi connectivity index (χ0v) is 10.8. The molecule has 90 valence electrons. The lowest BCUT2D eigenvalue weighted by molar-refractivity contribution is 0.355. The van der Waals surface area contributed by atoms with Crippen molar-refractivity contribution in [3.63, 3.8) is 0 Å². The highest BCUT2D eigenvalue weighted by molar-refractivity contribution is 6.49. The molecule has 0 radical (unpaired) electrons. The molecule has 0 spiro atoms. The van der Waals surface area contributed by atoms with Crippen molar-refractivity contribution in [2.45, 2.75) is 13.3 Å². The lowest BCUT2D eigenvalue weighted by Gasteiger charge is -2.09. The second kappa shape index (κ2) is 6.17. The number of benzene rings is 1. The number of hydrogen-bond acceptors (Lipinski definition) is 3. The molecular formula is C13H14ClNO2. The van der Waals surface area contributed by atoms with Crippen molar-refractivity contribution in [2.24, 2.45) is 0 Å². The summed E-state index contributed by atoms with van der Waals surface area (Å²) in [6.07, 6.45) is 0.601. The second-order valence-corrected chi connectivity index (χ2v) is 3.71. The SMILES string of the molecule is CCC(C#N)=C(Cl)c1ccc(OC)c(OC)c1. The van der Waals surface area contributed by atoms with Crippen molar-refractivity contribution in [1.29, 1.82) is 5.26 Å². The summed E-state index contributed by atoms with van der Waals surface area (Å²) in [6.45, 7) is 1.89. The fraction of sp³-hybridized carbons (Fsp3) is 0.308. The van der Waals surface area contributed by atoms with E-state index in [1.165, 1.54) is 0 Å². The van der Waals surface area contributed by atoms with Crippen molar-refractivity contribution in [3.05, 3.63) is 29.3 Å². The molecule has 0 atom stereocenters. The zero-order valence-electron chi connectivity index (χ0n) is 10.1. The van der Waals surface area contributed by atoms with E-state index in [-0.39, 0.29) is 0 Å². The van der Waals surface area contributed by atoms with Crippen LogP contribution in [-0.4, -0.2) is 14.2 Å². The molecule has 0 fully saturated rings. The Kier molecular flexibility index (Phi) is 4.86. The Balaban J connectivity index is 3.26. The van der Waals surface area contributed by atoms with E-state index in [4.69, 9.17) is 26.3 Å². The molecule has 3 nitrogen and oxygen atoms in total. The third-order valence-corrected chi connectivity index (χ3v) is 2.84. The van der Waals surface area contributed by atoms with E-state index < -0.39 is 0 Å². The molecule has 0 unspecified atom stereocenters. The Morgan fingerprint density at radius 2 is 1.94 bits per heavy atom. The van der Waals surface area contributed by atoms with E-state index in [0.29, 0.717) is 28.5 Å². The average Bonchev–Trinajstić information content (AvgIpc) is 2.39. The minimum Gasteiger partial charge on any atom is -0.493 e. The fourth-order valence-corrected chi connectivity index (χ4v) is 1.72. The van der Waals surface area contributed by atoms with Crippen LogP contribution in [-0.2, 0) is 0 Å². The van der Waals surface area contributed by atoms with Gasteiger partial charge in [-0.25, -0.2) is 0 Å². The van der Waals surface area contributed by atoms with Crippen molar-refractivity contribution in [2.75, 3.05) is 14.2 Å². The zero-order chi connectivity index (χ0) is 12.8. The highest BCUT2D eigenvalue weighted by Crippen LogP contribution is 2.33. The van der Waals surface area contributed by atoms with Gasteiger partial charge in [-0.3, -0.25) is 0 Å². The predicted molar refractivity (Wildman–Crippen MR) is 68.2 cm³/mol. The molecule has 17 heavy (non-hydrogen) atoms. The maximum atomic E-state index is 8.94. The molecule has 1 aromatic carbocycles. The summed E-state index contributed by atoms with van der Waals surface area (Å²) >= 11 is 6.16. The number of rotatable bonds is 4. The smallest absolute Gasteiger partial charge is 0.161 e. The Morgan fingerprint density at radius 3 is 2.41 bits per heavy atom. The van der Waals surface area contributed by atoms with Gasteiger partial charge in [0, 0.05) is 5.57 Å². The van der Waals surface area contributed by atoms with Gasteiger partial charge >= 0.3 is 0 Å². The third-order valence-electron chi connectivity index (χ3n) is 2.39. The lowest BCUT2D eigenvalue weighted by atomic mass is 10.1. The molecule has 0 aliphatic carbocycles. The number of ether oxygens (including phenoxy) is 2. The molecule has 0 N–H and O–H groups in total. The number of allylic oxidation sites excluding steroid dienone is 1. The van der Waals surface area contributed by atoms with Crippen LogP contribution in [0.4, 0.5) is 0 Å². The molecular weight excluding hydrogens is 238 g/mol. The van der Waals surface area contributed by atoms with Gasteiger partial charge in [0.05, 0.1) is 25.3 Å². The first kappa shape index (κ1) is 13.4. The van der Waals surface area contributed by atoms with Gasteiger partial charge in [-0.15, -0.1) is 0 Å². The fourth-order valence-electron chi connectivity index (χ4n) is 1.43. The monoisotopic (exact) mass is 251 g/mol. The maximum Gasteiger partial charge on any atom is 0.161 e. The molecule has 1 rings (SSSR count). The molecule has 1 aromatic rings. The van der Waals surface area contributed by atoms with Crippen LogP contribution in [0.3, 0.4) is 0 Å². The number of nitriles is 1. The average molecular weight is 252 g/mol. The first-order valence-electron chi connectivity index (χ1n) is 5.19. The summed E-state index contributed by atoms with van der Waals surface area (Å²) < 4.78 is 10.3. The number of nitrogens with zero attached hydrogens (tertiary/aromatic N) is 1. The van der Waals surface area contributed by atoms with Crippen LogP contribution in [0.2, 0.25) is 0 Å². The van der Waals surface area contributed by atoms with Crippen LogP contribution in [0, 0.1) is 11.3 Å². The molecule has 0 saturated carbocycles. The summed E-state index contributed by atoms with van der Waals surface area (Å²) in [4.78, 5) is 0. The van der Waals surface area contributed by atoms with Gasteiger partial charge in [0.2, 0.25) is 0 Å². The summed E-state index contributed by atoms with van der Waals surface area (Å²) in [5, 5.41) is 9.39.